The maximum absolute atomic E-state index is 9.58. The number of aliphatic hydroxyl groups is 2. The fraction of sp³-hybridized carbons (Fsp3) is 0.500. The molecule has 16 heavy (non-hydrogen) atoms. The van der Waals surface area contributed by atoms with E-state index in [0.29, 0.717) is 16.3 Å². The number of hydrogen-bond acceptors (Lipinski definition) is 3. The Morgan fingerprint density at radius 1 is 1.19 bits per heavy atom. The van der Waals surface area contributed by atoms with Crippen LogP contribution in [0.1, 0.15) is 32.4 Å². The molecule has 1 rings (SSSR count). The Labute approximate surface area is 101 Å². The first-order valence-corrected chi connectivity index (χ1v) is 5.62. The van der Waals surface area contributed by atoms with Crippen molar-refractivity contribution >= 4 is 11.6 Å². The summed E-state index contributed by atoms with van der Waals surface area (Å²) < 4.78 is 5.55. The third kappa shape index (κ3) is 3.37. The summed E-state index contributed by atoms with van der Waals surface area (Å²) in [6.07, 6.45) is -1.56. The summed E-state index contributed by atoms with van der Waals surface area (Å²) in [4.78, 5) is 0. The molecule has 0 aliphatic carbocycles. The van der Waals surface area contributed by atoms with Crippen LogP contribution in [-0.2, 0) is 0 Å². The van der Waals surface area contributed by atoms with Crippen LogP contribution in [0, 0.1) is 0 Å². The van der Waals surface area contributed by atoms with Crippen molar-refractivity contribution in [3.05, 3.63) is 28.8 Å². The van der Waals surface area contributed by atoms with Crippen LogP contribution in [0.3, 0.4) is 0 Å². The molecule has 90 valence electrons. The third-order valence-electron chi connectivity index (χ3n) is 2.41. The van der Waals surface area contributed by atoms with Crippen LogP contribution in [0.15, 0.2) is 18.2 Å². The zero-order chi connectivity index (χ0) is 12.3. The highest BCUT2D eigenvalue weighted by Gasteiger charge is 2.15. The Balaban J connectivity index is 2.95. The van der Waals surface area contributed by atoms with Gasteiger partial charge in [-0.1, -0.05) is 11.6 Å². The van der Waals surface area contributed by atoms with Crippen LogP contribution < -0.4 is 4.74 Å². The number of halogens is 1. The van der Waals surface area contributed by atoms with Crippen molar-refractivity contribution in [1.82, 2.24) is 0 Å². The van der Waals surface area contributed by atoms with E-state index in [9.17, 15) is 10.2 Å². The van der Waals surface area contributed by atoms with Crippen LogP contribution in [-0.4, -0.2) is 22.4 Å². The molecule has 0 aliphatic rings. The topological polar surface area (TPSA) is 49.7 Å². The van der Waals surface area contributed by atoms with E-state index < -0.39 is 12.2 Å². The van der Waals surface area contributed by atoms with Gasteiger partial charge in [-0.3, -0.25) is 0 Å². The number of ether oxygens (including phenoxy) is 1. The Morgan fingerprint density at radius 3 is 2.31 bits per heavy atom. The lowest BCUT2D eigenvalue weighted by Crippen LogP contribution is -2.26. The lowest BCUT2D eigenvalue weighted by atomic mass is 10.1. The van der Waals surface area contributed by atoms with E-state index in [0.717, 1.165) is 0 Å². The summed E-state index contributed by atoms with van der Waals surface area (Å²) in [5.74, 6) is 0.549. The Kier molecular flexibility index (Phi) is 4.59. The molecule has 0 saturated heterocycles. The molecule has 0 aliphatic heterocycles. The number of rotatable bonds is 4. The average molecular weight is 245 g/mol. The Hall–Kier alpha value is -0.770. The predicted octanol–water partition coefficient (Wildman–Crippen LogP) is 2.54. The van der Waals surface area contributed by atoms with Crippen molar-refractivity contribution < 1.29 is 14.9 Å². The van der Waals surface area contributed by atoms with E-state index >= 15 is 0 Å². The molecule has 4 heteroatoms. The highest BCUT2D eigenvalue weighted by molar-refractivity contribution is 6.30. The molecule has 0 saturated carbocycles. The van der Waals surface area contributed by atoms with Crippen LogP contribution in [0.5, 0.6) is 5.75 Å². The molecule has 0 fully saturated rings. The summed E-state index contributed by atoms with van der Waals surface area (Å²) in [5.41, 5.74) is 0.625. The van der Waals surface area contributed by atoms with Crippen LogP contribution in [0.25, 0.3) is 0 Å². The molecule has 0 aromatic heterocycles. The standard InChI is InChI=1S/C12H17ClO3/c1-7(14)9(3)16-12-5-4-10(13)6-11(12)8(2)15/h4-9,14-15H,1-3H3/t7?,8-,9?/m0/s1. The lowest BCUT2D eigenvalue weighted by Gasteiger charge is -2.20. The molecule has 0 heterocycles. The maximum Gasteiger partial charge on any atom is 0.125 e. The van der Waals surface area contributed by atoms with Gasteiger partial charge in [0.15, 0.2) is 0 Å². The second kappa shape index (κ2) is 5.53. The van der Waals surface area contributed by atoms with Crippen LogP contribution in [0.4, 0.5) is 0 Å². The Morgan fingerprint density at radius 2 is 1.81 bits per heavy atom. The van der Waals surface area contributed by atoms with Crippen molar-refractivity contribution in [2.45, 2.75) is 39.1 Å². The first-order valence-electron chi connectivity index (χ1n) is 5.24. The van der Waals surface area contributed by atoms with Gasteiger partial charge >= 0.3 is 0 Å². The smallest absolute Gasteiger partial charge is 0.125 e. The van der Waals surface area contributed by atoms with E-state index in [2.05, 4.69) is 0 Å². The van der Waals surface area contributed by atoms with E-state index in [1.54, 1.807) is 39.0 Å². The van der Waals surface area contributed by atoms with E-state index in [1.807, 2.05) is 0 Å². The molecule has 0 radical (unpaired) electrons. The third-order valence-corrected chi connectivity index (χ3v) is 2.65. The lowest BCUT2D eigenvalue weighted by molar-refractivity contribution is 0.0578. The van der Waals surface area contributed by atoms with E-state index in [-0.39, 0.29) is 6.10 Å². The van der Waals surface area contributed by atoms with Gasteiger partial charge < -0.3 is 14.9 Å². The SMILES string of the molecule is CC(O)C(C)Oc1ccc(Cl)cc1[C@H](C)O. The van der Waals surface area contributed by atoms with Gasteiger partial charge in [-0.25, -0.2) is 0 Å². The number of hydrogen-bond donors (Lipinski definition) is 2. The van der Waals surface area contributed by atoms with E-state index in [4.69, 9.17) is 16.3 Å². The summed E-state index contributed by atoms with van der Waals surface area (Å²) in [6.45, 7) is 5.07. The minimum absolute atomic E-state index is 0.335. The fourth-order valence-corrected chi connectivity index (χ4v) is 1.43. The van der Waals surface area contributed by atoms with Crippen molar-refractivity contribution in [3.63, 3.8) is 0 Å². The molecule has 1 aromatic rings. The zero-order valence-electron chi connectivity index (χ0n) is 9.64. The molecular formula is C12H17ClO3. The van der Waals surface area contributed by atoms with Gasteiger partial charge in [0, 0.05) is 10.6 Å². The summed E-state index contributed by atoms with van der Waals surface area (Å²) in [5, 5.41) is 19.5. The van der Waals surface area contributed by atoms with E-state index in [1.165, 1.54) is 0 Å². The normalized spacial score (nSPS) is 16.6. The van der Waals surface area contributed by atoms with Crippen LogP contribution >= 0.6 is 11.6 Å². The summed E-state index contributed by atoms with van der Waals surface area (Å²) in [6, 6.07) is 5.05. The second-order valence-corrected chi connectivity index (χ2v) is 4.36. The molecule has 2 N–H and O–H groups in total. The van der Waals surface area contributed by atoms with Gasteiger partial charge in [-0.15, -0.1) is 0 Å². The van der Waals surface area contributed by atoms with Gasteiger partial charge in [0.2, 0.25) is 0 Å². The summed E-state index contributed by atoms with van der Waals surface area (Å²) >= 11 is 5.84. The first-order chi connectivity index (χ1) is 7.41. The quantitative estimate of drug-likeness (QED) is 0.856. The molecule has 0 bridgehead atoms. The molecule has 0 amide bonds. The molecule has 3 nitrogen and oxygen atoms in total. The summed E-state index contributed by atoms with van der Waals surface area (Å²) in [7, 11) is 0. The van der Waals surface area contributed by atoms with Crippen molar-refractivity contribution in [2.75, 3.05) is 0 Å². The molecule has 1 aromatic carbocycles. The highest BCUT2D eigenvalue weighted by Crippen LogP contribution is 2.29. The molecule has 0 spiro atoms. The largest absolute Gasteiger partial charge is 0.488 e. The minimum atomic E-state index is -0.658. The number of benzene rings is 1. The second-order valence-electron chi connectivity index (χ2n) is 3.92. The fourth-order valence-electron chi connectivity index (χ4n) is 1.25. The average Bonchev–Trinajstić information content (AvgIpc) is 2.20. The molecule has 2 unspecified atom stereocenters. The van der Waals surface area contributed by atoms with Crippen LogP contribution in [0.2, 0.25) is 5.02 Å². The van der Waals surface area contributed by atoms with Crippen molar-refractivity contribution in [3.8, 4) is 5.75 Å². The van der Waals surface area contributed by atoms with Gasteiger partial charge in [0.1, 0.15) is 11.9 Å². The highest BCUT2D eigenvalue weighted by atomic mass is 35.5. The van der Waals surface area contributed by atoms with Gasteiger partial charge in [-0.05, 0) is 39.0 Å². The minimum Gasteiger partial charge on any atom is -0.488 e. The van der Waals surface area contributed by atoms with Gasteiger partial charge in [0.25, 0.3) is 0 Å². The monoisotopic (exact) mass is 244 g/mol. The van der Waals surface area contributed by atoms with Gasteiger partial charge in [0.05, 0.1) is 12.2 Å². The molecule has 3 atom stereocenters. The zero-order valence-corrected chi connectivity index (χ0v) is 10.4. The Bertz CT molecular complexity index is 350. The van der Waals surface area contributed by atoms with Crippen molar-refractivity contribution in [2.24, 2.45) is 0 Å². The number of aliphatic hydroxyl groups excluding tert-OH is 2. The van der Waals surface area contributed by atoms with Crippen molar-refractivity contribution in [1.29, 1.82) is 0 Å². The maximum atomic E-state index is 9.58. The molecular weight excluding hydrogens is 228 g/mol. The van der Waals surface area contributed by atoms with Gasteiger partial charge in [-0.2, -0.15) is 0 Å². The predicted molar refractivity (Wildman–Crippen MR) is 63.9 cm³/mol. The first kappa shape index (κ1) is 13.3.